The number of rotatable bonds is 3. The summed E-state index contributed by atoms with van der Waals surface area (Å²) in [5.74, 6) is 1.45. The molecule has 1 heterocycles. The molecule has 0 fully saturated rings. The lowest BCUT2D eigenvalue weighted by molar-refractivity contribution is 0.168. The van der Waals surface area contributed by atoms with Crippen LogP contribution in [0.1, 0.15) is 18.1 Å². The maximum Gasteiger partial charge on any atom is 0.161 e. The molecule has 1 atom stereocenters. The van der Waals surface area contributed by atoms with Gasteiger partial charge >= 0.3 is 0 Å². The van der Waals surface area contributed by atoms with E-state index in [9.17, 15) is 5.11 Å². The molecule has 0 radical (unpaired) electrons. The van der Waals surface area contributed by atoms with E-state index in [4.69, 9.17) is 9.47 Å². The summed E-state index contributed by atoms with van der Waals surface area (Å²) in [5.41, 5.74) is 1.90. The van der Waals surface area contributed by atoms with Gasteiger partial charge in [-0.25, -0.2) is 0 Å². The Morgan fingerprint density at radius 3 is 2.53 bits per heavy atom. The Kier molecular flexibility index (Phi) is 3.26. The average molecular weight is 237 g/mol. The summed E-state index contributed by atoms with van der Waals surface area (Å²) in [4.78, 5) is 0. The highest BCUT2D eigenvalue weighted by molar-refractivity contribution is 5.50. The Hall–Kier alpha value is -1.26. The summed E-state index contributed by atoms with van der Waals surface area (Å²) in [5, 5.41) is 12.9. The first-order valence-electron chi connectivity index (χ1n) is 5.76. The van der Waals surface area contributed by atoms with Gasteiger partial charge in [0, 0.05) is 6.54 Å². The van der Waals surface area contributed by atoms with Crippen LogP contribution < -0.4 is 14.8 Å². The van der Waals surface area contributed by atoms with Crippen LogP contribution in [-0.2, 0) is 12.0 Å². The molecular weight excluding hydrogens is 218 g/mol. The lowest BCUT2D eigenvalue weighted by Gasteiger charge is -2.36. The van der Waals surface area contributed by atoms with Crippen LogP contribution >= 0.6 is 0 Å². The van der Waals surface area contributed by atoms with Crippen LogP contribution in [0.3, 0.4) is 0 Å². The van der Waals surface area contributed by atoms with Gasteiger partial charge in [0.1, 0.15) is 0 Å². The van der Waals surface area contributed by atoms with Crippen molar-refractivity contribution < 1.29 is 14.6 Å². The third-order valence-corrected chi connectivity index (χ3v) is 3.43. The molecule has 0 spiro atoms. The Labute approximate surface area is 102 Å². The number of aliphatic hydroxyl groups excluding tert-OH is 1. The smallest absolute Gasteiger partial charge is 0.161 e. The fourth-order valence-electron chi connectivity index (χ4n) is 2.35. The molecule has 17 heavy (non-hydrogen) atoms. The second-order valence-electron chi connectivity index (χ2n) is 4.53. The molecule has 0 bridgehead atoms. The molecular formula is C13H19NO3. The van der Waals surface area contributed by atoms with E-state index in [0.717, 1.165) is 24.3 Å². The van der Waals surface area contributed by atoms with Crippen molar-refractivity contribution in [1.29, 1.82) is 0 Å². The molecule has 1 aromatic rings. The van der Waals surface area contributed by atoms with Gasteiger partial charge in [-0.15, -0.1) is 0 Å². The maximum absolute atomic E-state index is 9.55. The van der Waals surface area contributed by atoms with E-state index in [0.29, 0.717) is 5.75 Å². The number of ether oxygens (including phenoxy) is 2. The summed E-state index contributed by atoms with van der Waals surface area (Å²) < 4.78 is 10.6. The first kappa shape index (κ1) is 12.2. The van der Waals surface area contributed by atoms with Crippen LogP contribution in [0.2, 0.25) is 0 Å². The Balaban J connectivity index is 2.55. The molecule has 1 aromatic carbocycles. The number of methoxy groups -OCH3 is 2. The summed E-state index contributed by atoms with van der Waals surface area (Å²) >= 11 is 0. The van der Waals surface area contributed by atoms with Crippen molar-refractivity contribution >= 4 is 0 Å². The molecule has 94 valence electrons. The highest BCUT2D eigenvalue weighted by atomic mass is 16.5. The minimum absolute atomic E-state index is 0.0650. The fourth-order valence-corrected chi connectivity index (χ4v) is 2.35. The van der Waals surface area contributed by atoms with Crippen molar-refractivity contribution in [2.24, 2.45) is 0 Å². The minimum atomic E-state index is -0.396. The first-order valence-corrected chi connectivity index (χ1v) is 5.76. The van der Waals surface area contributed by atoms with Crippen LogP contribution in [0.15, 0.2) is 12.1 Å². The van der Waals surface area contributed by atoms with E-state index in [2.05, 4.69) is 5.32 Å². The maximum atomic E-state index is 9.55. The lowest BCUT2D eigenvalue weighted by Crippen LogP contribution is -2.47. The van der Waals surface area contributed by atoms with Gasteiger partial charge in [-0.05, 0) is 36.6 Å². The number of hydrogen-bond donors (Lipinski definition) is 2. The predicted molar refractivity (Wildman–Crippen MR) is 65.7 cm³/mol. The Morgan fingerprint density at radius 1 is 1.29 bits per heavy atom. The molecule has 0 unspecified atom stereocenters. The number of fused-ring (bicyclic) bond motifs is 1. The standard InChI is InChI=1S/C13H19NO3/c1-13(8-15)10-7-12(17-3)11(16-2)6-9(10)4-5-14-13/h6-7,14-15H,4-5,8H2,1-3H3/t13-/m1/s1. The zero-order valence-corrected chi connectivity index (χ0v) is 10.5. The third kappa shape index (κ3) is 1.98. The molecule has 4 nitrogen and oxygen atoms in total. The van der Waals surface area contributed by atoms with Gasteiger partial charge in [-0.3, -0.25) is 0 Å². The second kappa shape index (κ2) is 4.55. The number of nitrogens with one attached hydrogen (secondary N) is 1. The van der Waals surface area contributed by atoms with Gasteiger partial charge in [0.05, 0.1) is 26.4 Å². The third-order valence-electron chi connectivity index (χ3n) is 3.43. The molecule has 0 amide bonds. The lowest BCUT2D eigenvalue weighted by atomic mass is 9.84. The number of aliphatic hydroxyl groups is 1. The van der Waals surface area contributed by atoms with Crippen molar-refractivity contribution in [2.75, 3.05) is 27.4 Å². The molecule has 2 rings (SSSR count). The van der Waals surface area contributed by atoms with Gasteiger partial charge < -0.3 is 19.9 Å². The number of hydrogen-bond acceptors (Lipinski definition) is 4. The topological polar surface area (TPSA) is 50.7 Å². The molecule has 0 aliphatic carbocycles. The zero-order valence-electron chi connectivity index (χ0n) is 10.5. The molecule has 1 aliphatic heterocycles. The van der Waals surface area contributed by atoms with Crippen LogP contribution in [0, 0.1) is 0 Å². The minimum Gasteiger partial charge on any atom is -0.493 e. The summed E-state index contributed by atoms with van der Waals surface area (Å²) in [7, 11) is 3.26. The van der Waals surface area contributed by atoms with Crippen LogP contribution in [0.25, 0.3) is 0 Å². The van der Waals surface area contributed by atoms with Crippen molar-refractivity contribution in [1.82, 2.24) is 5.32 Å². The van der Waals surface area contributed by atoms with E-state index in [-0.39, 0.29) is 6.61 Å². The SMILES string of the molecule is COc1cc2c(cc1OC)[C@@](C)(CO)NCC2. The van der Waals surface area contributed by atoms with Gasteiger partial charge in [0.15, 0.2) is 11.5 Å². The van der Waals surface area contributed by atoms with Gasteiger partial charge in [-0.2, -0.15) is 0 Å². The quantitative estimate of drug-likeness (QED) is 0.825. The second-order valence-corrected chi connectivity index (χ2v) is 4.53. The van der Waals surface area contributed by atoms with Crippen molar-refractivity contribution in [3.63, 3.8) is 0 Å². The molecule has 0 aromatic heterocycles. The first-order chi connectivity index (χ1) is 8.14. The largest absolute Gasteiger partial charge is 0.493 e. The summed E-state index contributed by atoms with van der Waals surface area (Å²) in [6.07, 6.45) is 0.936. The van der Waals surface area contributed by atoms with Gasteiger partial charge in [0.2, 0.25) is 0 Å². The van der Waals surface area contributed by atoms with Crippen LogP contribution in [0.5, 0.6) is 11.5 Å². The summed E-state index contributed by atoms with van der Waals surface area (Å²) in [6.45, 7) is 2.92. The van der Waals surface area contributed by atoms with Gasteiger partial charge in [-0.1, -0.05) is 0 Å². The number of benzene rings is 1. The highest BCUT2D eigenvalue weighted by Crippen LogP contribution is 2.37. The Morgan fingerprint density at radius 2 is 1.94 bits per heavy atom. The van der Waals surface area contributed by atoms with Crippen molar-refractivity contribution in [3.8, 4) is 11.5 Å². The predicted octanol–water partition coefficient (Wildman–Crippen LogP) is 1.06. The van der Waals surface area contributed by atoms with Gasteiger partial charge in [0.25, 0.3) is 0 Å². The molecule has 4 heteroatoms. The molecule has 0 saturated carbocycles. The highest BCUT2D eigenvalue weighted by Gasteiger charge is 2.32. The fraction of sp³-hybridized carbons (Fsp3) is 0.538. The van der Waals surface area contributed by atoms with Crippen LogP contribution in [0.4, 0.5) is 0 Å². The van der Waals surface area contributed by atoms with E-state index < -0.39 is 5.54 Å². The van der Waals surface area contributed by atoms with E-state index in [1.807, 2.05) is 19.1 Å². The van der Waals surface area contributed by atoms with Crippen LogP contribution in [-0.4, -0.2) is 32.5 Å². The normalized spacial score (nSPS) is 23.1. The molecule has 0 saturated heterocycles. The summed E-state index contributed by atoms with van der Waals surface area (Å²) in [6, 6.07) is 3.96. The van der Waals surface area contributed by atoms with Crippen molar-refractivity contribution in [2.45, 2.75) is 18.9 Å². The molecule has 1 aliphatic rings. The van der Waals surface area contributed by atoms with E-state index in [1.165, 1.54) is 5.56 Å². The zero-order chi connectivity index (χ0) is 12.5. The monoisotopic (exact) mass is 237 g/mol. The average Bonchev–Trinajstić information content (AvgIpc) is 2.37. The molecule has 2 N–H and O–H groups in total. The van der Waals surface area contributed by atoms with E-state index >= 15 is 0 Å². The Bertz CT molecular complexity index is 419. The van der Waals surface area contributed by atoms with E-state index in [1.54, 1.807) is 14.2 Å². The van der Waals surface area contributed by atoms with Crippen molar-refractivity contribution in [3.05, 3.63) is 23.3 Å².